The molecule has 2 aromatic rings. The van der Waals surface area contributed by atoms with Crippen LogP contribution in [0.2, 0.25) is 0 Å². The van der Waals surface area contributed by atoms with Crippen LogP contribution >= 0.6 is 11.3 Å². The Morgan fingerprint density at radius 2 is 2.04 bits per heavy atom. The van der Waals surface area contributed by atoms with E-state index in [0.717, 1.165) is 10.4 Å². The molecule has 0 aliphatic carbocycles. The molecule has 3 rings (SSSR count). The number of aliphatic hydroxyl groups excluding tert-OH is 1. The molecule has 0 radical (unpaired) electrons. The zero-order valence-corrected chi connectivity index (χ0v) is 16.2. The number of thiophene rings is 1. The molecule has 1 aliphatic rings. The maximum atomic E-state index is 12.7. The smallest absolute Gasteiger partial charge is 0.295 e. The topological polar surface area (TPSA) is 76.1 Å². The molecular formula is C20H21NO5S. The van der Waals surface area contributed by atoms with Crippen LogP contribution in [0.4, 0.5) is 0 Å². The number of hydrogen-bond donors (Lipinski definition) is 1. The molecule has 7 heteroatoms. The fourth-order valence-corrected chi connectivity index (χ4v) is 4.07. The summed E-state index contributed by atoms with van der Waals surface area (Å²) in [6.07, 6.45) is 0. The van der Waals surface area contributed by atoms with Crippen molar-refractivity contribution in [3.05, 3.63) is 57.3 Å². The number of nitrogens with zero attached hydrogens (tertiary/aromatic N) is 1. The molecular weight excluding hydrogens is 366 g/mol. The summed E-state index contributed by atoms with van der Waals surface area (Å²) in [6.45, 7) is 2.42. The van der Waals surface area contributed by atoms with Gasteiger partial charge in [-0.1, -0.05) is 6.07 Å². The number of aliphatic hydroxyl groups is 1. The Labute approximate surface area is 161 Å². The van der Waals surface area contributed by atoms with Gasteiger partial charge < -0.3 is 19.5 Å². The van der Waals surface area contributed by atoms with E-state index in [2.05, 4.69) is 0 Å². The molecule has 142 valence electrons. The second kappa shape index (κ2) is 7.94. The van der Waals surface area contributed by atoms with Crippen LogP contribution in [-0.2, 0) is 14.3 Å². The Kier molecular flexibility index (Phi) is 5.62. The Morgan fingerprint density at radius 3 is 2.63 bits per heavy atom. The first-order valence-electron chi connectivity index (χ1n) is 8.45. The number of carbonyl (C=O) groups is 2. The highest BCUT2D eigenvalue weighted by molar-refractivity contribution is 7.10. The number of likely N-dealkylation sites (tertiary alicyclic amines) is 1. The number of rotatable bonds is 6. The first-order valence-corrected chi connectivity index (χ1v) is 9.33. The molecule has 1 N–H and O–H groups in total. The molecule has 1 aromatic carbocycles. The van der Waals surface area contributed by atoms with Crippen LogP contribution in [-0.4, -0.2) is 49.1 Å². The normalized spacial score (nSPS) is 18.9. The third-order valence-corrected chi connectivity index (χ3v) is 5.48. The highest BCUT2D eigenvalue weighted by Gasteiger charge is 2.46. The van der Waals surface area contributed by atoms with E-state index >= 15 is 0 Å². The van der Waals surface area contributed by atoms with Gasteiger partial charge in [-0.2, -0.15) is 0 Å². The highest BCUT2D eigenvalue weighted by Crippen LogP contribution is 2.41. The van der Waals surface area contributed by atoms with Crippen molar-refractivity contribution in [2.75, 3.05) is 27.4 Å². The van der Waals surface area contributed by atoms with Gasteiger partial charge in [-0.3, -0.25) is 9.59 Å². The van der Waals surface area contributed by atoms with E-state index < -0.39 is 17.7 Å². The van der Waals surface area contributed by atoms with E-state index in [1.807, 2.05) is 24.4 Å². The highest BCUT2D eigenvalue weighted by atomic mass is 32.1. The predicted octanol–water partition coefficient (Wildman–Crippen LogP) is 3.13. The molecule has 2 heterocycles. The fraction of sp³-hybridized carbons (Fsp3) is 0.300. The second-order valence-electron chi connectivity index (χ2n) is 6.19. The number of ketones is 1. The van der Waals surface area contributed by atoms with Gasteiger partial charge in [-0.05, 0) is 42.1 Å². The number of benzene rings is 1. The summed E-state index contributed by atoms with van der Waals surface area (Å²) < 4.78 is 10.3. The molecule has 1 unspecified atom stereocenters. The van der Waals surface area contributed by atoms with E-state index in [1.54, 1.807) is 25.3 Å². The Balaban J connectivity index is 2.12. The SMILES string of the molecule is COCCN1C(=O)C(=O)/C(=C(\O)c2ccc(OC)c(C)c2)C1c1cccs1. The van der Waals surface area contributed by atoms with Gasteiger partial charge >= 0.3 is 0 Å². The van der Waals surface area contributed by atoms with E-state index in [-0.39, 0.29) is 17.9 Å². The van der Waals surface area contributed by atoms with Gasteiger partial charge in [-0.15, -0.1) is 11.3 Å². The number of carbonyl (C=O) groups excluding carboxylic acids is 2. The summed E-state index contributed by atoms with van der Waals surface area (Å²) >= 11 is 1.43. The predicted molar refractivity (Wildman–Crippen MR) is 103 cm³/mol. The minimum absolute atomic E-state index is 0.100. The zero-order valence-electron chi connectivity index (χ0n) is 15.4. The standard InChI is InChI=1S/C20H21NO5S/c1-12-11-13(6-7-14(12)26-3)18(22)16-17(15-5-4-10-27-15)21(8-9-25-2)20(24)19(16)23/h4-7,10-11,17,22H,8-9H2,1-3H3/b18-16-. The number of amides is 1. The average Bonchev–Trinajstić information content (AvgIpc) is 3.27. The molecule has 6 nitrogen and oxygen atoms in total. The number of aryl methyl sites for hydroxylation is 1. The molecule has 1 atom stereocenters. The van der Waals surface area contributed by atoms with Crippen molar-refractivity contribution in [2.24, 2.45) is 0 Å². The largest absolute Gasteiger partial charge is 0.507 e. The number of ether oxygens (including phenoxy) is 2. The first-order chi connectivity index (χ1) is 13.0. The lowest BCUT2D eigenvalue weighted by atomic mass is 9.99. The molecule has 1 saturated heterocycles. The molecule has 1 aromatic heterocycles. The Bertz CT molecular complexity index is 888. The van der Waals surface area contributed by atoms with Gasteiger partial charge in [-0.25, -0.2) is 0 Å². The van der Waals surface area contributed by atoms with Crippen LogP contribution in [0.1, 0.15) is 22.0 Å². The number of methoxy groups -OCH3 is 2. The Hall–Kier alpha value is -2.64. The van der Waals surface area contributed by atoms with Crippen LogP contribution < -0.4 is 4.74 Å². The monoisotopic (exact) mass is 387 g/mol. The van der Waals surface area contributed by atoms with Crippen molar-refractivity contribution < 1.29 is 24.2 Å². The van der Waals surface area contributed by atoms with Gasteiger partial charge in [0.15, 0.2) is 0 Å². The molecule has 0 saturated carbocycles. The lowest BCUT2D eigenvalue weighted by molar-refractivity contribution is -0.140. The van der Waals surface area contributed by atoms with Crippen LogP contribution in [0.25, 0.3) is 5.76 Å². The van der Waals surface area contributed by atoms with Crippen molar-refractivity contribution in [3.63, 3.8) is 0 Å². The van der Waals surface area contributed by atoms with Gasteiger partial charge in [0.2, 0.25) is 0 Å². The van der Waals surface area contributed by atoms with Crippen molar-refractivity contribution in [1.82, 2.24) is 4.90 Å². The maximum absolute atomic E-state index is 12.7. The first kappa shape index (κ1) is 19.1. The lowest BCUT2D eigenvalue weighted by Gasteiger charge is -2.23. The maximum Gasteiger partial charge on any atom is 0.295 e. The number of hydrogen-bond acceptors (Lipinski definition) is 6. The van der Waals surface area contributed by atoms with Crippen LogP contribution in [0, 0.1) is 6.92 Å². The third kappa shape index (κ3) is 3.48. The second-order valence-corrected chi connectivity index (χ2v) is 7.16. The third-order valence-electron chi connectivity index (χ3n) is 4.56. The zero-order chi connectivity index (χ0) is 19.6. The van der Waals surface area contributed by atoms with Crippen molar-refractivity contribution in [2.45, 2.75) is 13.0 Å². The average molecular weight is 387 g/mol. The molecule has 1 fully saturated rings. The quantitative estimate of drug-likeness (QED) is 0.468. The van der Waals surface area contributed by atoms with E-state index in [1.165, 1.54) is 23.3 Å². The van der Waals surface area contributed by atoms with Crippen molar-refractivity contribution in [3.8, 4) is 5.75 Å². The van der Waals surface area contributed by atoms with E-state index in [9.17, 15) is 14.7 Å². The van der Waals surface area contributed by atoms with Crippen LogP contribution in [0.5, 0.6) is 5.75 Å². The molecule has 1 amide bonds. The lowest BCUT2D eigenvalue weighted by Crippen LogP contribution is -2.32. The van der Waals surface area contributed by atoms with Crippen LogP contribution in [0.15, 0.2) is 41.3 Å². The van der Waals surface area contributed by atoms with E-state index in [0.29, 0.717) is 17.9 Å². The van der Waals surface area contributed by atoms with Crippen molar-refractivity contribution >= 4 is 28.8 Å². The van der Waals surface area contributed by atoms with Gasteiger partial charge in [0.1, 0.15) is 11.5 Å². The van der Waals surface area contributed by atoms with Gasteiger partial charge in [0.05, 0.1) is 25.3 Å². The van der Waals surface area contributed by atoms with Crippen LogP contribution in [0.3, 0.4) is 0 Å². The summed E-state index contributed by atoms with van der Waals surface area (Å²) in [5, 5.41) is 12.8. The Morgan fingerprint density at radius 1 is 1.26 bits per heavy atom. The molecule has 27 heavy (non-hydrogen) atoms. The van der Waals surface area contributed by atoms with E-state index in [4.69, 9.17) is 9.47 Å². The minimum atomic E-state index is -0.685. The van der Waals surface area contributed by atoms with Crippen molar-refractivity contribution in [1.29, 1.82) is 0 Å². The summed E-state index contributed by atoms with van der Waals surface area (Å²) in [7, 11) is 3.11. The summed E-state index contributed by atoms with van der Waals surface area (Å²) in [5.74, 6) is -0.813. The molecule has 0 bridgehead atoms. The summed E-state index contributed by atoms with van der Waals surface area (Å²) in [4.78, 5) is 27.6. The van der Waals surface area contributed by atoms with Gasteiger partial charge in [0.25, 0.3) is 11.7 Å². The summed E-state index contributed by atoms with van der Waals surface area (Å²) in [5.41, 5.74) is 1.39. The van der Waals surface area contributed by atoms with Gasteiger partial charge in [0, 0.05) is 24.1 Å². The fourth-order valence-electron chi connectivity index (χ4n) is 3.22. The molecule has 0 spiro atoms. The summed E-state index contributed by atoms with van der Waals surface area (Å²) in [6, 6.07) is 8.23. The molecule has 1 aliphatic heterocycles. The number of Topliss-reactive ketones (excluding diaryl/α,β-unsaturated/α-hetero) is 1. The minimum Gasteiger partial charge on any atom is -0.507 e.